The lowest BCUT2D eigenvalue weighted by molar-refractivity contribution is -0.138. The molecule has 0 amide bonds. The quantitative estimate of drug-likeness (QED) is 0.469. The predicted molar refractivity (Wildman–Crippen MR) is 39.2 cm³/mol. The summed E-state index contributed by atoms with van der Waals surface area (Å²) in [7, 11) is 0. The summed E-state index contributed by atoms with van der Waals surface area (Å²) in [5.74, 6) is -0.312. The maximum absolute atomic E-state index is 10.8. The van der Waals surface area contributed by atoms with Gasteiger partial charge in [-0.05, 0) is 13.3 Å². The highest BCUT2D eigenvalue weighted by atomic mass is 16.5. The third kappa shape index (κ3) is 2.53. The van der Waals surface area contributed by atoms with Crippen molar-refractivity contribution in [1.82, 2.24) is 0 Å². The number of rotatable bonds is 3. The van der Waals surface area contributed by atoms with E-state index in [9.17, 15) is 4.79 Å². The van der Waals surface area contributed by atoms with Crippen molar-refractivity contribution in [3.63, 3.8) is 0 Å². The average Bonchev–Trinajstić information content (AvgIpc) is 1.91. The van der Waals surface area contributed by atoms with E-state index in [1.165, 1.54) is 6.20 Å². The van der Waals surface area contributed by atoms with Gasteiger partial charge in [0.25, 0.3) is 0 Å². The predicted octanol–water partition coefficient (Wildman–Crippen LogP) is 0.802. The van der Waals surface area contributed by atoms with Crippen LogP contribution >= 0.6 is 0 Å². The average molecular weight is 143 g/mol. The summed E-state index contributed by atoms with van der Waals surface area (Å²) < 4.78 is 4.70. The van der Waals surface area contributed by atoms with E-state index in [2.05, 4.69) is 0 Å². The summed E-state index contributed by atoms with van der Waals surface area (Å²) in [4.78, 5) is 10.8. The first-order valence-electron chi connectivity index (χ1n) is 3.34. The van der Waals surface area contributed by atoms with Crippen LogP contribution in [-0.2, 0) is 9.53 Å². The molecule has 0 aromatic rings. The van der Waals surface area contributed by atoms with Gasteiger partial charge in [0, 0.05) is 6.20 Å². The Labute approximate surface area is 60.9 Å². The Morgan fingerprint density at radius 1 is 1.60 bits per heavy atom. The topological polar surface area (TPSA) is 52.3 Å². The molecule has 0 unspecified atom stereocenters. The fourth-order valence-corrected chi connectivity index (χ4v) is 0.554. The van der Waals surface area contributed by atoms with E-state index >= 15 is 0 Å². The molecule has 0 bridgehead atoms. The van der Waals surface area contributed by atoms with Crippen LogP contribution in [0.1, 0.15) is 20.3 Å². The second kappa shape index (κ2) is 4.85. The van der Waals surface area contributed by atoms with Crippen molar-refractivity contribution in [2.45, 2.75) is 20.3 Å². The molecular weight excluding hydrogens is 130 g/mol. The van der Waals surface area contributed by atoms with Gasteiger partial charge in [0.1, 0.15) is 0 Å². The van der Waals surface area contributed by atoms with Crippen molar-refractivity contribution >= 4 is 5.97 Å². The molecule has 0 aliphatic rings. The molecule has 0 spiro atoms. The van der Waals surface area contributed by atoms with Crippen LogP contribution in [0.15, 0.2) is 11.8 Å². The summed E-state index contributed by atoms with van der Waals surface area (Å²) in [5, 5.41) is 0. The first-order valence-corrected chi connectivity index (χ1v) is 3.34. The molecule has 0 atom stereocenters. The smallest absolute Gasteiger partial charge is 0.335 e. The number of carbonyl (C=O) groups is 1. The van der Waals surface area contributed by atoms with Crippen LogP contribution in [-0.4, -0.2) is 12.6 Å². The molecular formula is C7H13NO2. The monoisotopic (exact) mass is 143 g/mol. The molecule has 0 aromatic carbocycles. The summed E-state index contributed by atoms with van der Waals surface area (Å²) in [6, 6.07) is 0. The van der Waals surface area contributed by atoms with E-state index in [1.807, 2.05) is 6.92 Å². The van der Waals surface area contributed by atoms with Crippen LogP contribution in [0.3, 0.4) is 0 Å². The first kappa shape index (κ1) is 9.01. The van der Waals surface area contributed by atoms with Gasteiger partial charge >= 0.3 is 5.97 Å². The van der Waals surface area contributed by atoms with E-state index < -0.39 is 0 Å². The first-order chi connectivity index (χ1) is 4.76. The lowest BCUT2D eigenvalue weighted by Crippen LogP contribution is -2.08. The minimum atomic E-state index is -0.312. The minimum Gasteiger partial charge on any atom is -0.463 e. The Morgan fingerprint density at radius 2 is 2.20 bits per heavy atom. The number of ether oxygens (including phenoxy) is 1. The Bertz CT molecular complexity index is 141. The van der Waals surface area contributed by atoms with Gasteiger partial charge in [-0.25, -0.2) is 4.79 Å². The third-order valence-corrected chi connectivity index (χ3v) is 1.12. The van der Waals surface area contributed by atoms with Crippen molar-refractivity contribution in [1.29, 1.82) is 0 Å². The van der Waals surface area contributed by atoms with Crippen LogP contribution in [0.4, 0.5) is 0 Å². The second-order valence-electron chi connectivity index (χ2n) is 1.77. The van der Waals surface area contributed by atoms with E-state index in [-0.39, 0.29) is 5.97 Å². The minimum absolute atomic E-state index is 0.312. The van der Waals surface area contributed by atoms with Gasteiger partial charge in [-0.15, -0.1) is 0 Å². The molecule has 0 aliphatic heterocycles. The Hall–Kier alpha value is -0.990. The number of hydrogen-bond acceptors (Lipinski definition) is 3. The highest BCUT2D eigenvalue weighted by Gasteiger charge is 2.05. The molecule has 0 aliphatic carbocycles. The van der Waals surface area contributed by atoms with Gasteiger partial charge in [0.2, 0.25) is 0 Å². The van der Waals surface area contributed by atoms with Crippen LogP contribution < -0.4 is 5.73 Å². The van der Waals surface area contributed by atoms with Crippen molar-refractivity contribution < 1.29 is 9.53 Å². The largest absolute Gasteiger partial charge is 0.463 e. The Morgan fingerprint density at radius 3 is 2.50 bits per heavy atom. The van der Waals surface area contributed by atoms with Gasteiger partial charge in [0.15, 0.2) is 0 Å². The molecule has 0 aromatic heterocycles. The van der Waals surface area contributed by atoms with Gasteiger partial charge in [-0.2, -0.15) is 0 Å². The van der Waals surface area contributed by atoms with Gasteiger partial charge in [-0.1, -0.05) is 6.92 Å². The SMILES string of the molecule is CCOC(=O)C(=CN)CC. The standard InChI is InChI=1S/C7H13NO2/c1-3-6(5-8)7(9)10-4-2/h5H,3-4,8H2,1-2H3. The van der Waals surface area contributed by atoms with E-state index in [4.69, 9.17) is 10.5 Å². The maximum atomic E-state index is 10.8. The molecule has 0 fully saturated rings. The maximum Gasteiger partial charge on any atom is 0.335 e. The summed E-state index contributed by atoms with van der Waals surface area (Å²) >= 11 is 0. The molecule has 58 valence electrons. The van der Waals surface area contributed by atoms with E-state index in [0.29, 0.717) is 18.6 Å². The normalized spacial score (nSPS) is 11.2. The van der Waals surface area contributed by atoms with Crippen molar-refractivity contribution in [2.24, 2.45) is 5.73 Å². The molecule has 0 saturated heterocycles. The molecule has 0 saturated carbocycles. The zero-order valence-corrected chi connectivity index (χ0v) is 6.39. The third-order valence-electron chi connectivity index (χ3n) is 1.12. The fourth-order valence-electron chi connectivity index (χ4n) is 0.554. The molecule has 2 N–H and O–H groups in total. The molecule has 0 radical (unpaired) electrons. The lowest BCUT2D eigenvalue weighted by atomic mass is 10.2. The summed E-state index contributed by atoms with van der Waals surface area (Å²) in [5.41, 5.74) is 5.68. The van der Waals surface area contributed by atoms with Crippen molar-refractivity contribution in [2.75, 3.05) is 6.61 Å². The van der Waals surface area contributed by atoms with Crippen LogP contribution in [0, 0.1) is 0 Å². The highest BCUT2D eigenvalue weighted by Crippen LogP contribution is 2.00. The summed E-state index contributed by atoms with van der Waals surface area (Å²) in [6.45, 7) is 4.02. The fraction of sp³-hybridized carbons (Fsp3) is 0.571. The summed E-state index contributed by atoms with van der Waals surface area (Å²) in [6.07, 6.45) is 1.91. The number of esters is 1. The van der Waals surface area contributed by atoms with Gasteiger partial charge in [-0.3, -0.25) is 0 Å². The number of carbonyl (C=O) groups excluding carboxylic acids is 1. The van der Waals surface area contributed by atoms with Crippen molar-refractivity contribution in [3.8, 4) is 0 Å². The van der Waals surface area contributed by atoms with Crippen LogP contribution in [0.5, 0.6) is 0 Å². The molecule has 3 heteroatoms. The lowest BCUT2D eigenvalue weighted by Gasteiger charge is -2.01. The second-order valence-corrected chi connectivity index (χ2v) is 1.77. The highest BCUT2D eigenvalue weighted by molar-refractivity contribution is 5.88. The van der Waals surface area contributed by atoms with E-state index in [1.54, 1.807) is 6.92 Å². The van der Waals surface area contributed by atoms with Gasteiger partial charge < -0.3 is 10.5 Å². The molecule has 3 nitrogen and oxygen atoms in total. The molecule has 0 heterocycles. The van der Waals surface area contributed by atoms with Crippen LogP contribution in [0.2, 0.25) is 0 Å². The molecule has 0 rings (SSSR count). The molecule has 10 heavy (non-hydrogen) atoms. The van der Waals surface area contributed by atoms with Gasteiger partial charge in [0.05, 0.1) is 12.2 Å². The Balaban J connectivity index is 3.91. The van der Waals surface area contributed by atoms with Crippen molar-refractivity contribution in [3.05, 3.63) is 11.8 Å². The van der Waals surface area contributed by atoms with E-state index in [0.717, 1.165) is 0 Å². The zero-order chi connectivity index (χ0) is 7.98. The number of nitrogens with two attached hydrogens (primary N) is 1. The zero-order valence-electron chi connectivity index (χ0n) is 6.39. The Kier molecular flexibility index (Phi) is 4.37. The number of hydrogen-bond donors (Lipinski definition) is 1. The van der Waals surface area contributed by atoms with Crippen LogP contribution in [0.25, 0.3) is 0 Å².